The molecule has 0 bridgehead atoms. The smallest absolute Gasteiger partial charge is 0.248 e. The van der Waals surface area contributed by atoms with Gasteiger partial charge in [0.05, 0.1) is 0 Å². The van der Waals surface area contributed by atoms with Crippen molar-refractivity contribution in [3.05, 3.63) is 35.1 Å². The van der Waals surface area contributed by atoms with Crippen molar-refractivity contribution in [2.75, 3.05) is 5.75 Å². The van der Waals surface area contributed by atoms with Gasteiger partial charge >= 0.3 is 0 Å². The largest absolute Gasteiger partial charge is 0.366 e. The highest BCUT2D eigenvalue weighted by atomic mass is 32.2. The molecule has 0 aliphatic heterocycles. The summed E-state index contributed by atoms with van der Waals surface area (Å²) in [5.74, 6) is 0.186. The molecule has 1 aromatic carbocycles. The number of rotatable bonds is 6. The minimum Gasteiger partial charge on any atom is -0.366 e. The van der Waals surface area contributed by atoms with Gasteiger partial charge in [-0.3, -0.25) is 4.79 Å². The lowest BCUT2D eigenvalue weighted by Crippen LogP contribution is -2.26. The second-order valence-electron chi connectivity index (χ2n) is 5.14. The van der Waals surface area contributed by atoms with E-state index in [9.17, 15) is 9.18 Å². The van der Waals surface area contributed by atoms with Gasteiger partial charge in [0.1, 0.15) is 5.82 Å². The molecule has 0 spiro atoms. The first kappa shape index (κ1) is 15.3. The molecule has 0 radical (unpaired) electrons. The van der Waals surface area contributed by atoms with Gasteiger partial charge in [0.15, 0.2) is 0 Å². The SMILES string of the molecule is CCSC1CCC(NCc2ccc(C(N)=O)cc2F)C1. The van der Waals surface area contributed by atoms with E-state index in [0.717, 1.165) is 23.8 Å². The maximum Gasteiger partial charge on any atom is 0.248 e. The van der Waals surface area contributed by atoms with Crippen LogP contribution in [0.4, 0.5) is 4.39 Å². The van der Waals surface area contributed by atoms with Gasteiger partial charge in [0, 0.05) is 29.0 Å². The van der Waals surface area contributed by atoms with Gasteiger partial charge in [-0.2, -0.15) is 11.8 Å². The molecule has 1 saturated carbocycles. The minimum absolute atomic E-state index is 0.214. The van der Waals surface area contributed by atoms with Crippen molar-refractivity contribution in [1.82, 2.24) is 5.32 Å². The lowest BCUT2D eigenvalue weighted by molar-refractivity contribution is 0.1000. The second kappa shape index (κ2) is 7.09. The zero-order chi connectivity index (χ0) is 14.5. The molecule has 5 heteroatoms. The van der Waals surface area contributed by atoms with E-state index in [2.05, 4.69) is 12.2 Å². The van der Waals surface area contributed by atoms with E-state index in [-0.39, 0.29) is 11.4 Å². The first-order chi connectivity index (χ1) is 9.60. The summed E-state index contributed by atoms with van der Waals surface area (Å²) in [5, 5.41) is 4.14. The van der Waals surface area contributed by atoms with Crippen LogP contribution in [0.3, 0.4) is 0 Å². The van der Waals surface area contributed by atoms with Crippen molar-refractivity contribution in [3.63, 3.8) is 0 Å². The molecule has 2 rings (SSSR count). The molecule has 2 atom stereocenters. The Balaban J connectivity index is 1.87. The molecule has 0 heterocycles. The summed E-state index contributed by atoms with van der Waals surface area (Å²) in [4.78, 5) is 11.0. The maximum absolute atomic E-state index is 13.8. The Morgan fingerprint density at radius 3 is 2.95 bits per heavy atom. The average Bonchev–Trinajstić information content (AvgIpc) is 2.85. The van der Waals surface area contributed by atoms with E-state index in [1.54, 1.807) is 12.1 Å². The summed E-state index contributed by atoms with van der Waals surface area (Å²) < 4.78 is 13.8. The zero-order valence-corrected chi connectivity index (χ0v) is 12.5. The Bertz CT molecular complexity index is 481. The summed E-state index contributed by atoms with van der Waals surface area (Å²) in [5.41, 5.74) is 5.93. The number of carbonyl (C=O) groups is 1. The van der Waals surface area contributed by atoms with Gasteiger partial charge in [-0.25, -0.2) is 4.39 Å². The Morgan fingerprint density at radius 2 is 2.30 bits per heavy atom. The van der Waals surface area contributed by atoms with Gasteiger partial charge < -0.3 is 11.1 Å². The fourth-order valence-electron chi connectivity index (χ4n) is 2.61. The summed E-state index contributed by atoms with van der Waals surface area (Å²) in [6.45, 7) is 2.68. The van der Waals surface area contributed by atoms with Gasteiger partial charge in [0.25, 0.3) is 0 Å². The second-order valence-corrected chi connectivity index (χ2v) is 6.72. The quantitative estimate of drug-likeness (QED) is 0.848. The monoisotopic (exact) mass is 296 g/mol. The number of nitrogens with one attached hydrogen (secondary N) is 1. The van der Waals surface area contributed by atoms with Crippen molar-refractivity contribution in [3.8, 4) is 0 Å². The standard InChI is InChI=1S/C15H21FN2OS/c1-2-20-13-6-5-12(8-13)18-9-11-4-3-10(15(17)19)7-14(11)16/h3-4,7,12-13,18H,2,5-6,8-9H2,1H3,(H2,17,19). The molecule has 3 N–H and O–H groups in total. The molecular formula is C15H21FN2OS. The fraction of sp³-hybridized carbons (Fsp3) is 0.533. The van der Waals surface area contributed by atoms with Crippen LogP contribution < -0.4 is 11.1 Å². The van der Waals surface area contributed by atoms with E-state index in [0.29, 0.717) is 18.2 Å². The molecule has 1 amide bonds. The van der Waals surface area contributed by atoms with Crippen LogP contribution >= 0.6 is 11.8 Å². The molecule has 1 aliphatic carbocycles. The normalized spacial score (nSPS) is 22.1. The van der Waals surface area contributed by atoms with Crippen LogP contribution in [0.5, 0.6) is 0 Å². The van der Waals surface area contributed by atoms with E-state index in [4.69, 9.17) is 5.73 Å². The third-order valence-corrected chi connectivity index (χ3v) is 4.94. The molecule has 110 valence electrons. The Kier molecular flexibility index (Phi) is 5.43. The molecule has 3 nitrogen and oxygen atoms in total. The molecule has 20 heavy (non-hydrogen) atoms. The number of hydrogen-bond acceptors (Lipinski definition) is 3. The van der Waals surface area contributed by atoms with Crippen LogP contribution in [0.25, 0.3) is 0 Å². The van der Waals surface area contributed by atoms with Crippen LogP contribution in [0.1, 0.15) is 42.1 Å². The summed E-state index contributed by atoms with van der Waals surface area (Å²) in [6.07, 6.45) is 3.54. The van der Waals surface area contributed by atoms with Crippen molar-refractivity contribution in [1.29, 1.82) is 0 Å². The number of primary amides is 1. The number of nitrogens with two attached hydrogens (primary N) is 1. The minimum atomic E-state index is -0.598. The van der Waals surface area contributed by atoms with Crippen LogP contribution in [0.15, 0.2) is 18.2 Å². The lowest BCUT2D eigenvalue weighted by atomic mass is 10.1. The Morgan fingerprint density at radius 1 is 1.50 bits per heavy atom. The third kappa shape index (κ3) is 3.96. The van der Waals surface area contributed by atoms with Crippen molar-refractivity contribution >= 4 is 17.7 Å². The highest BCUT2D eigenvalue weighted by molar-refractivity contribution is 7.99. The molecule has 1 fully saturated rings. The first-order valence-corrected chi connectivity index (χ1v) is 8.08. The van der Waals surface area contributed by atoms with Crippen molar-refractivity contribution < 1.29 is 9.18 Å². The highest BCUT2D eigenvalue weighted by Gasteiger charge is 2.24. The predicted molar refractivity (Wildman–Crippen MR) is 81.3 cm³/mol. The molecular weight excluding hydrogens is 275 g/mol. The van der Waals surface area contributed by atoms with E-state index in [1.807, 2.05) is 11.8 Å². The fourth-order valence-corrected chi connectivity index (χ4v) is 3.75. The maximum atomic E-state index is 13.8. The number of carbonyl (C=O) groups excluding carboxylic acids is 1. The third-order valence-electron chi connectivity index (χ3n) is 3.71. The Labute approximate surface area is 123 Å². The van der Waals surface area contributed by atoms with Gasteiger partial charge in [0.2, 0.25) is 5.91 Å². The predicted octanol–water partition coefficient (Wildman–Crippen LogP) is 2.69. The number of thioether (sulfide) groups is 1. The summed E-state index contributed by atoms with van der Waals surface area (Å²) >= 11 is 2.01. The van der Waals surface area contributed by atoms with Crippen LogP contribution in [-0.4, -0.2) is 23.0 Å². The van der Waals surface area contributed by atoms with E-state index < -0.39 is 5.91 Å². The van der Waals surface area contributed by atoms with Crippen molar-refractivity contribution in [2.24, 2.45) is 5.73 Å². The van der Waals surface area contributed by atoms with Crippen molar-refractivity contribution in [2.45, 2.75) is 44.0 Å². The van der Waals surface area contributed by atoms with Gasteiger partial charge in [-0.15, -0.1) is 0 Å². The topological polar surface area (TPSA) is 55.1 Å². The van der Waals surface area contributed by atoms with E-state index >= 15 is 0 Å². The molecule has 2 unspecified atom stereocenters. The van der Waals surface area contributed by atoms with Gasteiger partial charge in [-0.1, -0.05) is 13.0 Å². The van der Waals surface area contributed by atoms with Gasteiger partial charge in [-0.05, 0) is 37.1 Å². The van der Waals surface area contributed by atoms with E-state index in [1.165, 1.54) is 12.5 Å². The molecule has 0 saturated heterocycles. The molecule has 1 aromatic rings. The summed E-state index contributed by atoms with van der Waals surface area (Å²) in [7, 11) is 0. The lowest BCUT2D eigenvalue weighted by Gasteiger charge is -2.13. The molecule has 1 aliphatic rings. The number of amides is 1. The Hall–Kier alpha value is -1.07. The number of benzene rings is 1. The number of hydrogen-bond donors (Lipinski definition) is 2. The summed E-state index contributed by atoms with van der Waals surface area (Å²) in [6, 6.07) is 4.89. The van der Waals surface area contributed by atoms with Crippen LogP contribution in [-0.2, 0) is 6.54 Å². The zero-order valence-electron chi connectivity index (χ0n) is 11.7. The highest BCUT2D eigenvalue weighted by Crippen LogP contribution is 2.29. The average molecular weight is 296 g/mol. The first-order valence-electron chi connectivity index (χ1n) is 7.03. The van der Waals surface area contributed by atoms with Crippen LogP contribution in [0, 0.1) is 5.82 Å². The molecule has 0 aromatic heterocycles. The van der Waals surface area contributed by atoms with Crippen LogP contribution in [0.2, 0.25) is 0 Å². The number of halogens is 1.